The fraction of sp³-hybridized carbons (Fsp3) is 0.250. The molecule has 0 amide bonds. The molecule has 0 aliphatic heterocycles. The van der Waals surface area contributed by atoms with Crippen LogP contribution in [0.4, 0.5) is 0 Å². The zero-order valence-electron chi connectivity index (χ0n) is 8.96. The summed E-state index contributed by atoms with van der Waals surface area (Å²) >= 11 is 1.53. The van der Waals surface area contributed by atoms with Crippen LogP contribution in [-0.2, 0) is 9.53 Å². The van der Waals surface area contributed by atoms with Crippen LogP contribution in [0.1, 0.15) is 6.92 Å². The number of thioether (sulfide) groups is 1. The summed E-state index contributed by atoms with van der Waals surface area (Å²) in [5.41, 5.74) is 0. The molecule has 2 nitrogen and oxygen atoms in total. The van der Waals surface area contributed by atoms with E-state index in [2.05, 4.69) is 28.4 Å². The third-order valence-electron chi connectivity index (χ3n) is 1.26. The molecule has 0 aromatic heterocycles. The normalized spacial score (nSPS) is 9.93. The van der Waals surface area contributed by atoms with Crippen LogP contribution in [0.2, 0.25) is 0 Å². The van der Waals surface area contributed by atoms with E-state index in [4.69, 9.17) is 0 Å². The first-order chi connectivity index (χ1) is 7.24. The minimum atomic E-state index is -0.410. The van der Waals surface area contributed by atoms with Gasteiger partial charge in [0, 0.05) is 12.2 Å². The summed E-state index contributed by atoms with van der Waals surface area (Å²) in [5.74, 6) is 10.7. The summed E-state index contributed by atoms with van der Waals surface area (Å²) in [6.07, 6.45) is 6.36. The van der Waals surface area contributed by atoms with Crippen molar-refractivity contribution < 1.29 is 9.53 Å². The number of carbonyl (C=O) groups excluding carboxylic acids is 1. The van der Waals surface area contributed by atoms with E-state index in [9.17, 15) is 4.79 Å². The average Bonchev–Trinajstić information content (AvgIpc) is 2.26. The summed E-state index contributed by atoms with van der Waals surface area (Å²) in [6, 6.07) is 0. The van der Waals surface area contributed by atoms with Crippen molar-refractivity contribution in [2.45, 2.75) is 6.92 Å². The van der Waals surface area contributed by atoms with Crippen molar-refractivity contribution in [3.8, 4) is 23.7 Å². The van der Waals surface area contributed by atoms with Crippen LogP contribution in [0, 0.1) is 23.7 Å². The van der Waals surface area contributed by atoms with Gasteiger partial charge in [0.15, 0.2) is 0 Å². The Balaban J connectivity index is 4.34. The monoisotopic (exact) mass is 220 g/mol. The molecule has 0 rings (SSSR count). The number of hydrogen-bond donors (Lipinski definition) is 0. The standard InChI is InChI=1S/C12H12O2S/c1-4-8-11(15-3)9-6-5-7-10-12(13)14-2/h7,9-10H,1-3H3. The lowest BCUT2D eigenvalue weighted by molar-refractivity contribution is -0.134. The van der Waals surface area contributed by atoms with Gasteiger partial charge in [0.1, 0.15) is 0 Å². The predicted octanol–water partition coefficient (Wildman–Crippen LogP) is 1.99. The van der Waals surface area contributed by atoms with Gasteiger partial charge in [-0.05, 0) is 19.3 Å². The van der Waals surface area contributed by atoms with Gasteiger partial charge in [-0.2, -0.15) is 0 Å². The molecule has 0 aromatic rings. The summed E-state index contributed by atoms with van der Waals surface area (Å²) in [4.78, 5) is 11.5. The molecule has 0 aliphatic carbocycles. The highest BCUT2D eigenvalue weighted by molar-refractivity contribution is 8.02. The Hall–Kier alpha value is -1.58. The van der Waals surface area contributed by atoms with Gasteiger partial charge >= 0.3 is 5.97 Å². The second kappa shape index (κ2) is 8.99. The Morgan fingerprint density at radius 2 is 2.13 bits per heavy atom. The summed E-state index contributed by atoms with van der Waals surface area (Å²) in [6.45, 7) is 1.77. The molecule has 15 heavy (non-hydrogen) atoms. The molecule has 78 valence electrons. The van der Waals surface area contributed by atoms with Crippen molar-refractivity contribution >= 4 is 17.7 Å². The molecule has 0 aliphatic rings. The van der Waals surface area contributed by atoms with Gasteiger partial charge in [-0.3, -0.25) is 0 Å². The van der Waals surface area contributed by atoms with Crippen LogP contribution < -0.4 is 0 Å². The van der Waals surface area contributed by atoms with Crippen molar-refractivity contribution in [2.75, 3.05) is 13.4 Å². The smallest absolute Gasteiger partial charge is 0.331 e. The largest absolute Gasteiger partial charge is 0.466 e. The van der Waals surface area contributed by atoms with Crippen LogP contribution in [0.5, 0.6) is 0 Å². The van der Waals surface area contributed by atoms with E-state index in [1.165, 1.54) is 31.0 Å². The van der Waals surface area contributed by atoms with E-state index < -0.39 is 5.97 Å². The van der Waals surface area contributed by atoms with Gasteiger partial charge in [0.2, 0.25) is 0 Å². The lowest BCUT2D eigenvalue weighted by Gasteiger charge is -1.86. The van der Waals surface area contributed by atoms with Crippen LogP contribution in [0.3, 0.4) is 0 Å². The zero-order valence-corrected chi connectivity index (χ0v) is 9.77. The van der Waals surface area contributed by atoms with Gasteiger partial charge in [0.25, 0.3) is 0 Å². The maximum atomic E-state index is 10.6. The highest BCUT2D eigenvalue weighted by atomic mass is 32.2. The third kappa shape index (κ3) is 7.49. The molecule has 0 saturated carbocycles. The lowest BCUT2D eigenvalue weighted by atomic mass is 10.4. The maximum absolute atomic E-state index is 10.6. The molecule has 0 unspecified atom stereocenters. The molecule has 0 heterocycles. The van der Waals surface area contributed by atoms with Crippen molar-refractivity contribution in [2.24, 2.45) is 0 Å². The van der Waals surface area contributed by atoms with Crippen LogP contribution >= 0.6 is 11.8 Å². The molecule has 0 bridgehead atoms. The van der Waals surface area contributed by atoms with Crippen LogP contribution in [0.25, 0.3) is 0 Å². The predicted molar refractivity (Wildman–Crippen MR) is 64.0 cm³/mol. The third-order valence-corrected chi connectivity index (χ3v) is 1.92. The number of esters is 1. The molecule has 0 fully saturated rings. The summed E-state index contributed by atoms with van der Waals surface area (Å²) in [5, 5.41) is 0. The van der Waals surface area contributed by atoms with Gasteiger partial charge in [-0.1, -0.05) is 17.8 Å². The molecule has 0 saturated heterocycles. The van der Waals surface area contributed by atoms with Crippen molar-refractivity contribution in [3.05, 3.63) is 23.1 Å². The van der Waals surface area contributed by atoms with E-state index in [0.29, 0.717) is 0 Å². The number of methoxy groups -OCH3 is 1. The number of ether oxygens (including phenoxy) is 1. The number of allylic oxidation sites excluding steroid dienone is 3. The molecule has 0 atom stereocenters. The molecule has 0 N–H and O–H groups in total. The number of hydrogen-bond acceptors (Lipinski definition) is 3. The maximum Gasteiger partial charge on any atom is 0.331 e. The van der Waals surface area contributed by atoms with Crippen LogP contribution in [0.15, 0.2) is 23.1 Å². The van der Waals surface area contributed by atoms with Crippen LogP contribution in [-0.4, -0.2) is 19.3 Å². The molecular formula is C12H12O2S. The Morgan fingerprint density at radius 1 is 1.40 bits per heavy atom. The van der Waals surface area contributed by atoms with E-state index in [0.717, 1.165) is 4.91 Å². The van der Waals surface area contributed by atoms with E-state index >= 15 is 0 Å². The molecular weight excluding hydrogens is 208 g/mol. The molecule has 0 aromatic carbocycles. The van der Waals surface area contributed by atoms with E-state index in [-0.39, 0.29) is 0 Å². The number of rotatable bonds is 2. The molecule has 0 radical (unpaired) electrons. The molecule has 3 heteroatoms. The Labute approximate surface area is 94.8 Å². The topological polar surface area (TPSA) is 26.3 Å². The number of carbonyl (C=O) groups is 1. The first-order valence-corrected chi connectivity index (χ1v) is 5.39. The van der Waals surface area contributed by atoms with Gasteiger partial charge in [0.05, 0.1) is 12.0 Å². The highest BCUT2D eigenvalue weighted by Gasteiger charge is 1.86. The van der Waals surface area contributed by atoms with Crippen molar-refractivity contribution in [1.82, 2.24) is 0 Å². The lowest BCUT2D eigenvalue weighted by Crippen LogP contribution is -1.92. The Kier molecular flexibility index (Phi) is 8.05. The minimum absolute atomic E-state index is 0.410. The van der Waals surface area contributed by atoms with Gasteiger partial charge in [-0.15, -0.1) is 17.7 Å². The fourth-order valence-corrected chi connectivity index (χ4v) is 0.983. The quantitative estimate of drug-likeness (QED) is 0.404. The van der Waals surface area contributed by atoms with Crippen molar-refractivity contribution in [1.29, 1.82) is 0 Å². The van der Waals surface area contributed by atoms with Gasteiger partial charge in [-0.25, -0.2) is 4.79 Å². The first kappa shape index (κ1) is 13.4. The highest BCUT2D eigenvalue weighted by Crippen LogP contribution is 2.08. The average molecular weight is 220 g/mol. The van der Waals surface area contributed by atoms with E-state index in [1.54, 1.807) is 13.0 Å². The summed E-state index contributed by atoms with van der Waals surface area (Å²) in [7, 11) is 1.32. The second-order valence-electron chi connectivity index (χ2n) is 2.23. The first-order valence-electron chi connectivity index (χ1n) is 4.17. The Morgan fingerprint density at radius 3 is 2.67 bits per heavy atom. The second-order valence-corrected chi connectivity index (χ2v) is 3.08. The van der Waals surface area contributed by atoms with Crippen molar-refractivity contribution in [3.63, 3.8) is 0 Å². The minimum Gasteiger partial charge on any atom is -0.466 e. The fourth-order valence-electron chi connectivity index (χ4n) is 0.602. The SMILES string of the molecule is CC#CC(=CC#CC=CC(=O)OC)SC. The van der Waals surface area contributed by atoms with Gasteiger partial charge < -0.3 is 4.74 Å². The Bertz CT molecular complexity index is 383. The molecule has 0 spiro atoms. The summed E-state index contributed by atoms with van der Waals surface area (Å²) < 4.78 is 4.40. The van der Waals surface area contributed by atoms with E-state index in [1.807, 2.05) is 6.26 Å². The zero-order chi connectivity index (χ0) is 11.5.